The van der Waals surface area contributed by atoms with Gasteiger partial charge < -0.3 is 36.9 Å². The van der Waals surface area contributed by atoms with E-state index in [0.29, 0.717) is 0 Å². The Hall–Kier alpha value is 0.600. The standard InChI is InChI=1S/CH4N2O.Ca.H3N.H3O4P/c2-1(3)4;;;1-5(2,3)4/h(H4,2,3,4);;1H3;(H3,1,2,3,4)/q;+2;;/p-2. The van der Waals surface area contributed by atoms with Crippen molar-refractivity contribution in [2.75, 3.05) is 0 Å². The molecule has 0 unspecified atom stereocenters. The molecule has 11 heavy (non-hydrogen) atoms. The molecule has 8 N–H and O–H groups in total. The van der Waals surface area contributed by atoms with Crippen LogP contribution in [-0.2, 0) is 4.57 Å². The molecule has 0 saturated carbocycles. The van der Waals surface area contributed by atoms with Gasteiger partial charge in [-0.2, -0.15) is 0 Å². The summed E-state index contributed by atoms with van der Waals surface area (Å²) in [6.07, 6.45) is 0. The van der Waals surface area contributed by atoms with E-state index in [1.54, 1.807) is 0 Å². The summed E-state index contributed by atoms with van der Waals surface area (Å²) in [5, 5.41) is 0. The molecule has 0 aromatic heterocycles. The van der Waals surface area contributed by atoms with Crippen molar-refractivity contribution < 1.29 is 24.0 Å². The SMILES string of the molecule is N.NC(N)=O.O=P([O-])([O-])O.[Ca+2]. The number of urea groups is 1. The molecule has 0 bridgehead atoms. The molecule has 2 amide bonds. The average Bonchev–Trinajstić information content (AvgIpc) is 1.19. The van der Waals surface area contributed by atoms with E-state index in [2.05, 4.69) is 11.5 Å². The van der Waals surface area contributed by atoms with E-state index in [-0.39, 0.29) is 43.9 Å². The number of hydrogen-bond donors (Lipinski definition) is 4. The first-order chi connectivity index (χ1) is 3.73. The van der Waals surface area contributed by atoms with E-state index in [4.69, 9.17) is 24.0 Å². The molecule has 0 atom stereocenters. The van der Waals surface area contributed by atoms with E-state index >= 15 is 0 Å². The van der Waals surface area contributed by atoms with Crippen molar-refractivity contribution in [1.82, 2.24) is 6.15 Å². The Balaban J connectivity index is -0.0000000383. The van der Waals surface area contributed by atoms with E-state index in [0.717, 1.165) is 0 Å². The Labute approximate surface area is 92.8 Å². The zero-order chi connectivity index (χ0) is 8.08. The molecule has 10 heteroatoms. The first kappa shape index (κ1) is 22.6. The van der Waals surface area contributed by atoms with Crippen molar-refractivity contribution in [1.29, 1.82) is 0 Å². The maximum atomic E-state index is 9.00. The maximum absolute atomic E-state index is 9.00. The third-order valence-corrected chi connectivity index (χ3v) is 0. The van der Waals surface area contributed by atoms with Gasteiger partial charge >= 0.3 is 43.8 Å². The molecule has 0 aromatic carbocycles. The molecule has 0 radical (unpaired) electrons. The van der Waals surface area contributed by atoms with Gasteiger partial charge in [-0.05, 0) is 0 Å². The molecule has 64 valence electrons. The monoisotopic (exact) mass is 213 g/mol. The fourth-order valence-corrected chi connectivity index (χ4v) is 0. The molecule has 0 rings (SSSR count). The van der Waals surface area contributed by atoms with Gasteiger partial charge in [-0.3, -0.25) is 0 Å². The Kier molecular flexibility index (Phi) is 21.7. The van der Waals surface area contributed by atoms with Crippen molar-refractivity contribution in [3.05, 3.63) is 0 Å². The molecular formula is CH8CaN3O5P. The van der Waals surface area contributed by atoms with Gasteiger partial charge in [-0.1, -0.05) is 0 Å². The minimum Gasteiger partial charge on any atom is -0.790 e. The van der Waals surface area contributed by atoms with Crippen LogP contribution in [0.25, 0.3) is 0 Å². The number of amides is 2. The van der Waals surface area contributed by atoms with Crippen molar-refractivity contribution in [3.63, 3.8) is 0 Å². The second-order valence-electron chi connectivity index (χ2n) is 0.871. The Bertz CT molecular complexity index is 121. The molecule has 0 aliphatic carbocycles. The summed E-state index contributed by atoms with van der Waals surface area (Å²) >= 11 is 0. The van der Waals surface area contributed by atoms with Gasteiger partial charge in [0.25, 0.3) is 0 Å². The normalized spacial score (nSPS) is 7.55. The summed E-state index contributed by atoms with van der Waals surface area (Å²) in [6, 6.07) is -0.833. The second kappa shape index (κ2) is 10.6. The summed E-state index contributed by atoms with van der Waals surface area (Å²) in [6.45, 7) is 0. The fourth-order valence-electron chi connectivity index (χ4n) is 0. The van der Waals surface area contributed by atoms with Crippen molar-refractivity contribution in [2.45, 2.75) is 0 Å². The van der Waals surface area contributed by atoms with Crippen LogP contribution in [0.1, 0.15) is 0 Å². The summed E-state index contributed by atoms with van der Waals surface area (Å²) in [7, 11) is -5.14. The molecule has 8 nitrogen and oxygen atoms in total. The number of carbonyl (C=O) groups excluding carboxylic acids is 1. The third-order valence-electron chi connectivity index (χ3n) is 0. The van der Waals surface area contributed by atoms with E-state index in [1.807, 2.05) is 0 Å². The number of phosphoric acid groups is 1. The molecule has 0 aromatic rings. The summed E-state index contributed by atoms with van der Waals surface area (Å²) in [4.78, 5) is 33.3. The molecule has 0 fully saturated rings. The zero-order valence-corrected chi connectivity index (χ0v) is 8.70. The third kappa shape index (κ3) is 2180. The molecule has 0 aliphatic rings. The van der Waals surface area contributed by atoms with Crippen LogP contribution >= 0.6 is 7.82 Å². The van der Waals surface area contributed by atoms with Crippen molar-refractivity contribution in [2.24, 2.45) is 11.5 Å². The van der Waals surface area contributed by atoms with E-state index in [1.165, 1.54) is 0 Å². The zero-order valence-electron chi connectivity index (χ0n) is 5.60. The number of hydrogen-bond acceptors (Lipinski definition) is 5. The quantitative estimate of drug-likeness (QED) is 0.239. The summed E-state index contributed by atoms with van der Waals surface area (Å²) in [5.41, 5.74) is 8.50. The van der Waals surface area contributed by atoms with Crippen LogP contribution in [-0.4, -0.2) is 48.7 Å². The van der Waals surface area contributed by atoms with E-state index < -0.39 is 13.9 Å². The average molecular weight is 213 g/mol. The number of carbonyl (C=O) groups is 1. The number of primary amides is 2. The Morgan fingerprint density at radius 1 is 1.36 bits per heavy atom. The fraction of sp³-hybridized carbons (Fsp3) is 0. The van der Waals surface area contributed by atoms with Crippen LogP contribution in [0.15, 0.2) is 0 Å². The number of nitrogens with two attached hydrogens (primary N) is 2. The second-order valence-corrected chi connectivity index (χ2v) is 1.81. The van der Waals surface area contributed by atoms with Gasteiger partial charge in [0.1, 0.15) is 0 Å². The molecule has 0 heterocycles. The minimum atomic E-state index is -5.14. The van der Waals surface area contributed by atoms with Gasteiger partial charge in [0.05, 0.1) is 7.82 Å². The topological polar surface area (TPSA) is 188 Å². The molecule has 0 spiro atoms. The smallest absolute Gasteiger partial charge is 0.790 e. The minimum absolute atomic E-state index is 0. The van der Waals surface area contributed by atoms with Gasteiger partial charge in [0, 0.05) is 0 Å². The van der Waals surface area contributed by atoms with Crippen LogP contribution in [0.2, 0.25) is 0 Å². The van der Waals surface area contributed by atoms with Crippen LogP contribution in [0.5, 0.6) is 0 Å². The van der Waals surface area contributed by atoms with Gasteiger partial charge in [-0.15, -0.1) is 0 Å². The molecule has 0 saturated heterocycles. The predicted octanol–water partition coefficient (Wildman–Crippen LogP) is -3.39. The van der Waals surface area contributed by atoms with Crippen molar-refractivity contribution >= 4 is 51.6 Å². The Morgan fingerprint density at radius 3 is 1.36 bits per heavy atom. The summed E-state index contributed by atoms with van der Waals surface area (Å²) < 4.78 is 8.66. The van der Waals surface area contributed by atoms with E-state index in [9.17, 15) is 0 Å². The Morgan fingerprint density at radius 2 is 1.36 bits per heavy atom. The van der Waals surface area contributed by atoms with Crippen LogP contribution in [0.3, 0.4) is 0 Å². The van der Waals surface area contributed by atoms with Crippen LogP contribution in [0, 0.1) is 0 Å². The summed E-state index contributed by atoms with van der Waals surface area (Å²) in [5.74, 6) is 0. The first-order valence-corrected chi connectivity index (χ1v) is 3.02. The molecule has 0 aliphatic heterocycles. The predicted molar refractivity (Wildman–Crippen MR) is 34.4 cm³/mol. The largest absolute Gasteiger partial charge is 2.00 e. The van der Waals surface area contributed by atoms with Crippen LogP contribution in [0.4, 0.5) is 4.79 Å². The number of rotatable bonds is 0. The van der Waals surface area contributed by atoms with Crippen molar-refractivity contribution in [3.8, 4) is 0 Å². The van der Waals surface area contributed by atoms with Gasteiger partial charge in [-0.25, -0.2) is 4.79 Å². The first-order valence-electron chi connectivity index (χ1n) is 1.53. The van der Waals surface area contributed by atoms with Crippen LogP contribution < -0.4 is 27.4 Å². The van der Waals surface area contributed by atoms with Gasteiger partial charge in [0.2, 0.25) is 0 Å². The maximum Gasteiger partial charge on any atom is 2.00 e. The van der Waals surface area contributed by atoms with Gasteiger partial charge in [0.15, 0.2) is 0 Å². The molecular weight excluding hydrogens is 205 g/mol.